The molecule has 0 radical (unpaired) electrons. The number of ether oxygens (including phenoxy) is 2. The fourth-order valence-electron chi connectivity index (χ4n) is 4.22. The second-order valence-electron chi connectivity index (χ2n) is 8.29. The summed E-state index contributed by atoms with van der Waals surface area (Å²) in [7, 11) is 1.96. The second kappa shape index (κ2) is 8.24. The van der Waals surface area contributed by atoms with Crippen molar-refractivity contribution >= 4 is 11.5 Å². The maximum atomic E-state index is 12.9. The molecule has 0 aliphatic carbocycles. The van der Waals surface area contributed by atoms with E-state index in [0.717, 1.165) is 54.3 Å². The van der Waals surface area contributed by atoms with Gasteiger partial charge in [-0.05, 0) is 45.4 Å². The highest BCUT2D eigenvalue weighted by molar-refractivity contribution is 5.93. The number of morpholine rings is 1. The van der Waals surface area contributed by atoms with E-state index in [9.17, 15) is 4.79 Å². The maximum absolute atomic E-state index is 12.9. The molecule has 1 fully saturated rings. The van der Waals surface area contributed by atoms with Crippen LogP contribution in [0.1, 0.15) is 48.4 Å². The predicted molar refractivity (Wildman–Crippen MR) is 116 cm³/mol. The van der Waals surface area contributed by atoms with Crippen molar-refractivity contribution in [3.8, 4) is 11.3 Å². The molecule has 0 saturated carbocycles. The Balaban J connectivity index is 1.87. The third-order valence-corrected chi connectivity index (χ3v) is 5.74. The lowest BCUT2D eigenvalue weighted by Gasteiger charge is -2.34. The van der Waals surface area contributed by atoms with Crippen LogP contribution in [0, 0.1) is 6.92 Å². The zero-order valence-electron chi connectivity index (χ0n) is 18.4. The fraction of sp³-hybridized carbons (Fsp3) is 0.478. The van der Waals surface area contributed by atoms with E-state index in [4.69, 9.17) is 9.47 Å². The van der Waals surface area contributed by atoms with Gasteiger partial charge in [0.1, 0.15) is 0 Å². The van der Waals surface area contributed by atoms with E-state index in [2.05, 4.69) is 33.5 Å². The highest BCUT2D eigenvalue weighted by Gasteiger charge is 2.26. The third kappa shape index (κ3) is 3.87. The third-order valence-electron chi connectivity index (χ3n) is 5.74. The van der Waals surface area contributed by atoms with Crippen molar-refractivity contribution in [1.29, 1.82) is 0 Å². The number of hydrogen-bond donors (Lipinski definition) is 0. The molecular weight excluding hydrogens is 380 g/mol. The highest BCUT2D eigenvalue weighted by atomic mass is 16.5. The van der Waals surface area contributed by atoms with Crippen molar-refractivity contribution in [3.05, 3.63) is 47.7 Å². The second-order valence-corrected chi connectivity index (χ2v) is 8.29. The predicted octanol–water partition coefficient (Wildman–Crippen LogP) is 3.61. The van der Waals surface area contributed by atoms with E-state index < -0.39 is 0 Å². The molecule has 30 heavy (non-hydrogen) atoms. The number of imidazole rings is 1. The number of carbonyl (C=O) groups excluding carboxylic acids is 1. The first-order chi connectivity index (χ1) is 14.3. The van der Waals surface area contributed by atoms with Crippen LogP contribution in [0.3, 0.4) is 0 Å². The van der Waals surface area contributed by atoms with Gasteiger partial charge in [0.25, 0.3) is 0 Å². The smallest absolute Gasteiger partial charge is 0.338 e. The van der Waals surface area contributed by atoms with Gasteiger partial charge in [-0.15, -0.1) is 0 Å². The van der Waals surface area contributed by atoms with Gasteiger partial charge in [-0.3, -0.25) is 4.90 Å². The number of hydrogen-bond acceptors (Lipinski definition) is 5. The van der Waals surface area contributed by atoms with Crippen LogP contribution >= 0.6 is 0 Å². The molecule has 1 unspecified atom stereocenters. The molecule has 0 bridgehead atoms. The summed E-state index contributed by atoms with van der Waals surface area (Å²) in [6.07, 6.45) is 5.75. The molecule has 1 aliphatic rings. The van der Waals surface area contributed by atoms with Gasteiger partial charge in [-0.2, -0.15) is 0 Å². The van der Waals surface area contributed by atoms with Crippen LogP contribution in [0.2, 0.25) is 0 Å². The molecule has 4 heterocycles. The van der Waals surface area contributed by atoms with Crippen LogP contribution in [0.15, 0.2) is 30.9 Å². The Bertz CT molecular complexity index is 1060. The maximum Gasteiger partial charge on any atom is 0.338 e. The molecule has 0 amide bonds. The standard InChI is InChI=1S/C23H30N4O3/c1-15(2)30-23(28)20-11-19-10-18(21-13-25(5)14-24-21)12-27(19)22(16(20)3)17(4)26-6-8-29-9-7-26/h10-15,17H,6-9H2,1-5H3. The molecule has 7 nitrogen and oxygen atoms in total. The zero-order chi connectivity index (χ0) is 21.4. The first-order valence-electron chi connectivity index (χ1n) is 10.5. The summed E-state index contributed by atoms with van der Waals surface area (Å²) >= 11 is 0. The van der Waals surface area contributed by atoms with Crippen molar-refractivity contribution in [2.24, 2.45) is 7.05 Å². The fourth-order valence-corrected chi connectivity index (χ4v) is 4.22. The monoisotopic (exact) mass is 410 g/mol. The SMILES string of the molecule is Cc1c(C(=O)OC(C)C)cc2cc(-c3cn(C)cn3)cn2c1C(C)N1CCOCC1. The van der Waals surface area contributed by atoms with Gasteiger partial charge < -0.3 is 18.4 Å². The van der Waals surface area contributed by atoms with E-state index in [0.29, 0.717) is 5.56 Å². The van der Waals surface area contributed by atoms with Gasteiger partial charge in [0.15, 0.2) is 0 Å². The van der Waals surface area contributed by atoms with Gasteiger partial charge in [0.2, 0.25) is 0 Å². The largest absolute Gasteiger partial charge is 0.459 e. The first kappa shape index (κ1) is 20.6. The van der Waals surface area contributed by atoms with Gasteiger partial charge in [-0.1, -0.05) is 0 Å². The number of nitrogens with zero attached hydrogens (tertiary/aromatic N) is 4. The lowest BCUT2D eigenvalue weighted by atomic mass is 10.0. The molecule has 160 valence electrons. The number of aryl methyl sites for hydroxylation is 1. The number of esters is 1. The van der Waals surface area contributed by atoms with Gasteiger partial charge in [-0.25, -0.2) is 9.78 Å². The van der Waals surface area contributed by atoms with Crippen LogP contribution in [0.5, 0.6) is 0 Å². The van der Waals surface area contributed by atoms with Crippen LogP contribution in [-0.4, -0.2) is 57.2 Å². The number of fused-ring (bicyclic) bond motifs is 1. The normalized spacial score (nSPS) is 16.3. The van der Waals surface area contributed by atoms with Crippen molar-refractivity contribution in [2.45, 2.75) is 39.8 Å². The summed E-state index contributed by atoms with van der Waals surface area (Å²) in [6.45, 7) is 11.2. The Morgan fingerprint density at radius 1 is 1.17 bits per heavy atom. The molecule has 3 aromatic heterocycles. The quantitative estimate of drug-likeness (QED) is 0.602. The average Bonchev–Trinajstić information content (AvgIpc) is 3.33. The minimum Gasteiger partial charge on any atom is -0.459 e. The molecule has 1 atom stereocenters. The summed E-state index contributed by atoms with van der Waals surface area (Å²) in [5, 5.41) is 0. The summed E-state index contributed by atoms with van der Waals surface area (Å²) in [6, 6.07) is 4.15. The van der Waals surface area contributed by atoms with Gasteiger partial charge >= 0.3 is 5.97 Å². The Morgan fingerprint density at radius 2 is 1.90 bits per heavy atom. The van der Waals surface area contributed by atoms with Crippen LogP contribution in [-0.2, 0) is 16.5 Å². The minimum atomic E-state index is -0.277. The van der Waals surface area contributed by atoms with E-state index in [1.54, 1.807) is 6.33 Å². The molecule has 4 rings (SSSR count). The van der Waals surface area contributed by atoms with E-state index in [1.165, 1.54) is 0 Å². The van der Waals surface area contributed by atoms with Crippen molar-refractivity contribution < 1.29 is 14.3 Å². The molecule has 1 saturated heterocycles. The number of rotatable bonds is 5. The van der Waals surface area contributed by atoms with Crippen LogP contribution < -0.4 is 0 Å². The summed E-state index contributed by atoms with van der Waals surface area (Å²) < 4.78 is 15.2. The minimum absolute atomic E-state index is 0.132. The van der Waals surface area contributed by atoms with Crippen molar-refractivity contribution in [1.82, 2.24) is 18.9 Å². The Hall–Kier alpha value is -2.64. The first-order valence-corrected chi connectivity index (χ1v) is 10.5. The van der Waals surface area contributed by atoms with Crippen molar-refractivity contribution in [3.63, 3.8) is 0 Å². The van der Waals surface area contributed by atoms with Crippen molar-refractivity contribution in [2.75, 3.05) is 26.3 Å². The van der Waals surface area contributed by atoms with E-state index >= 15 is 0 Å². The Labute approximate surface area is 177 Å². The molecule has 3 aromatic rings. The lowest BCUT2D eigenvalue weighted by molar-refractivity contribution is 0.0186. The highest BCUT2D eigenvalue weighted by Crippen LogP contribution is 2.32. The van der Waals surface area contributed by atoms with E-state index in [1.807, 2.05) is 44.6 Å². The Kier molecular flexibility index (Phi) is 5.66. The molecule has 1 aliphatic heterocycles. The summed E-state index contributed by atoms with van der Waals surface area (Å²) in [5.41, 5.74) is 5.58. The summed E-state index contributed by atoms with van der Waals surface area (Å²) in [5.74, 6) is -0.277. The molecular formula is C23H30N4O3. The number of pyridine rings is 1. The zero-order valence-corrected chi connectivity index (χ0v) is 18.4. The van der Waals surface area contributed by atoms with Crippen LogP contribution in [0.25, 0.3) is 16.8 Å². The average molecular weight is 411 g/mol. The lowest BCUT2D eigenvalue weighted by Crippen LogP contribution is -2.39. The molecule has 0 aromatic carbocycles. The Morgan fingerprint density at radius 3 is 2.53 bits per heavy atom. The number of aromatic nitrogens is 3. The molecule has 0 N–H and O–H groups in total. The topological polar surface area (TPSA) is 61.0 Å². The van der Waals surface area contributed by atoms with E-state index in [-0.39, 0.29) is 18.1 Å². The van der Waals surface area contributed by atoms with Crippen LogP contribution in [0.4, 0.5) is 0 Å². The molecule has 0 spiro atoms. The molecule has 7 heteroatoms. The summed E-state index contributed by atoms with van der Waals surface area (Å²) in [4.78, 5) is 19.8. The van der Waals surface area contributed by atoms with Gasteiger partial charge in [0, 0.05) is 55.3 Å². The number of carbonyl (C=O) groups is 1. The van der Waals surface area contributed by atoms with Gasteiger partial charge in [0.05, 0.1) is 36.9 Å².